The third kappa shape index (κ3) is 3.54. The van der Waals surface area contributed by atoms with Crippen LogP contribution in [0, 0.1) is 6.92 Å². The number of urea groups is 1. The number of hydrogen-bond donors (Lipinski definition) is 2. The Morgan fingerprint density at radius 2 is 2.10 bits per heavy atom. The van der Waals surface area contributed by atoms with E-state index in [1.165, 1.54) is 0 Å². The molecule has 0 saturated heterocycles. The van der Waals surface area contributed by atoms with Gasteiger partial charge < -0.3 is 10.4 Å². The van der Waals surface area contributed by atoms with Crippen molar-refractivity contribution in [1.82, 2.24) is 5.32 Å². The van der Waals surface area contributed by atoms with Crippen LogP contribution in [0.25, 0.3) is 0 Å². The van der Waals surface area contributed by atoms with Crippen molar-refractivity contribution in [3.8, 4) is 0 Å². The fourth-order valence-electron chi connectivity index (χ4n) is 2.77. The summed E-state index contributed by atoms with van der Waals surface area (Å²) in [5.41, 5.74) is 1.35. The number of rotatable bonds is 5. The second kappa shape index (κ2) is 6.16. The highest BCUT2D eigenvalue weighted by atomic mass is 16.4. The summed E-state index contributed by atoms with van der Waals surface area (Å²) in [6, 6.07) is 7.52. The first-order chi connectivity index (χ1) is 9.96. The molecule has 1 aliphatic carbocycles. The van der Waals surface area contributed by atoms with E-state index in [4.69, 9.17) is 5.11 Å². The van der Waals surface area contributed by atoms with Gasteiger partial charge in [-0.05, 0) is 50.8 Å². The Morgan fingerprint density at radius 1 is 1.38 bits per heavy atom. The first-order valence-electron chi connectivity index (χ1n) is 7.34. The van der Waals surface area contributed by atoms with Crippen LogP contribution < -0.4 is 10.2 Å². The lowest BCUT2D eigenvalue weighted by Gasteiger charge is -2.42. The summed E-state index contributed by atoms with van der Waals surface area (Å²) in [6.45, 7) is 4.43. The standard InChI is InChI=1S/C16H22N2O3/c1-3-18(13-7-4-6-12(2)10-13)15(21)17-16(8-5-9-16)11-14(19)20/h4,6-7,10H,3,5,8-9,11H2,1-2H3,(H,17,21)(H,19,20). The van der Waals surface area contributed by atoms with Crippen molar-refractivity contribution in [3.05, 3.63) is 29.8 Å². The van der Waals surface area contributed by atoms with Gasteiger partial charge in [0.15, 0.2) is 0 Å². The molecule has 1 aliphatic rings. The highest BCUT2D eigenvalue weighted by Crippen LogP contribution is 2.35. The number of carboxylic acids is 1. The Kier molecular flexibility index (Phi) is 4.50. The second-order valence-corrected chi connectivity index (χ2v) is 5.72. The number of nitrogens with zero attached hydrogens (tertiary/aromatic N) is 1. The van der Waals surface area contributed by atoms with Gasteiger partial charge in [0.2, 0.25) is 0 Å². The number of carbonyl (C=O) groups excluding carboxylic acids is 1. The Morgan fingerprint density at radius 3 is 2.57 bits per heavy atom. The Labute approximate surface area is 125 Å². The Balaban J connectivity index is 2.11. The van der Waals surface area contributed by atoms with Gasteiger partial charge in [-0.3, -0.25) is 9.69 Å². The lowest BCUT2D eigenvalue weighted by Crippen LogP contribution is -2.58. The maximum atomic E-state index is 12.5. The molecule has 0 spiro atoms. The number of carboxylic acid groups (broad SMARTS) is 1. The SMILES string of the molecule is CCN(C(=O)NC1(CC(=O)O)CCC1)c1cccc(C)c1. The highest BCUT2D eigenvalue weighted by molar-refractivity contribution is 5.92. The van der Waals surface area contributed by atoms with Crippen molar-refractivity contribution >= 4 is 17.7 Å². The Hall–Kier alpha value is -2.04. The monoisotopic (exact) mass is 290 g/mol. The molecular weight excluding hydrogens is 268 g/mol. The van der Waals surface area contributed by atoms with Crippen LogP contribution in [0.4, 0.5) is 10.5 Å². The zero-order chi connectivity index (χ0) is 15.5. The molecule has 21 heavy (non-hydrogen) atoms. The van der Waals surface area contributed by atoms with Crippen LogP contribution in [-0.4, -0.2) is 29.2 Å². The quantitative estimate of drug-likeness (QED) is 0.876. The van der Waals surface area contributed by atoms with Crippen LogP contribution in [0.2, 0.25) is 0 Å². The van der Waals surface area contributed by atoms with E-state index in [-0.39, 0.29) is 12.5 Å². The van der Waals surface area contributed by atoms with E-state index < -0.39 is 11.5 Å². The van der Waals surface area contributed by atoms with E-state index in [9.17, 15) is 9.59 Å². The molecule has 0 aromatic heterocycles. The summed E-state index contributed by atoms with van der Waals surface area (Å²) in [7, 11) is 0. The normalized spacial score (nSPS) is 15.9. The van der Waals surface area contributed by atoms with Crippen molar-refractivity contribution in [2.75, 3.05) is 11.4 Å². The minimum Gasteiger partial charge on any atom is -0.481 e. The first-order valence-corrected chi connectivity index (χ1v) is 7.34. The fraction of sp³-hybridized carbons (Fsp3) is 0.500. The predicted octanol–water partition coefficient (Wildman–Crippen LogP) is 2.93. The molecule has 5 heteroatoms. The predicted molar refractivity (Wildman–Crippen MR) is 81.6 cm³/mol. The van der Waals surface area contributed by atoms with Gasteiger partial charge in [-0.15, -0.1) is 0 Å². The third-order valence-corrected chi connectivity index (χ3v) is 4.05. The Bertz CT molecular complexity index is 538. The molecule has 0 atom stereocenters. The number of aliphatic carboxylic acids is 1. The van der Waals surface area contributed by atoms with Gasteiger partial charge >= 0.3 is 12.0 Å². The summed E-state index contributed by atoms with van der Waals surface area (Å²) < 4.78 is 0. The van der Waals surface area contributed by atoms with Crippen LogP contribution in [0.5, 0.6) is 0 Å². The zero-order valence-corrected chi connectivity index (χ0v) is 12.6. The molecule has 1 saturated carbocycles. The molecule has 0 bridgehead atoms. The summed E-state index contributed by atoms with van der Waals surface area (Å²) in [5.74, 6) is -0.867. The van der Waals surface area contributed by atoms with Gasteiger partial charge in [0, 0.05) is 12.2 Å². The van der Waals surface area contributed by atoms with E-state index in [1.54, 1.807) is 4.90 Å². The van der Waals surface area contributed by atoms with Gasteiger partial charge in [-0.2, -0.15) is 0 Å². The molecule has 5 nitrogen and oxygen atoms in total. The zero-order valence-electron chi connectivity index (χ0n) is 12.6. The molecule has 2 amide bonds. The molecule has 0 radical (unpaired) electrons. The number of amides is 2. The van der Waals surface area contributed by atoms with Gasteiger partial charge in [-0.25, -0.2) is 4.79 Å². The molecule has 114 valence electrons. The number of hydrogen-bond acceptors (Lipinski definition) is 2. The number of aryl methyl sites for hydroxylation is 1. The van der Waals surface area contributed by atoms with E-state index in [0.717, 1.165) is 30.5 Å². The van der Waals surface area contributed by atoms with E-state index in [1.807, 2.05) is 38.1 Å². The molecule has 0 heterocycles. The van der Waals surface area contributed by atoms with Gasteiger partial charge in [-0.1, -0.05) is 12.1 Å². The van der Waals surface area contributed by atoms with Crippen molar-refractivity contribution in [2.45, 2.75) is 45.1 Å². The summed E-state index contributed by atoms with van der Waals surface area (Å²) in [4.78, 5) is 25.1. The second-order valence-electron chi connectivity index (χ2n) is 5.72. The lowest BCUT2D eigenvalue weighted by atomic mass is 9.74. The van der Waals surface area contributed by atoms with Crippen LogP contribution >= 0.6 is 0 Å². The minimum absolute atomic E-state index is 0.00981. The summed E-state index contributed by atoms with van der Waals surface area (Å²) in [6.07, 6.45) is 2.42. The molecular formula is C16H22N2O3. The third-order valence-electron chi connectivity index (χ3n) is 4.05. The van der Waals surface area contributed by atoms with Crippen molar-refractivity contribution in [3.63, 3.8) is 0 Å². The molecule has 1 aromatic rings. The van der Waals surface area contributed by atoms with Crippen molar-refractivity contribution in [2.24, 2.45) is 0 Å². The molecule has 1 aromatic carbocycles. The van der Waals surface area contributed by atoms with Crippen LogP contribution in [-0.2, 0) is 4.79 Å². The molecule has 2 N–H and O–H groups in total. The number of benzene rings is 1. The highest BCUT2D eigenvalue weighted by Gasteiger charge is 2.41. The van der Waals surface area contributed by atoms with Gasteiger partial charge in [0.25, 0.3) is 0 Å². The van der Waals surface area contributed by atoms with Gasteiger partial charge in [0.1, 0.15) is 0 Å². The maximum Gasteiger partial charge on any atom is 0.322 e. The fourth-order valence-corrected chi connectivity index (χ4v) is 2.77. The number of anilines is 1. The van der Waals surface area contributed by atoms with E-state index in [2.05, 4.69) is 5.32 Å². The van der Waals surface area contributed by atoms with E-state index in [0.29, 0.717) is 6.54 Å². The van der Waals surface area contributed by atoms with Crippen molar-refractivity contribution in [1.29, 1.82) is 0 Å². The topological polar surface area (TPSA) is 69.6 Å². The average molecular weight is 290 g/mol. The molecule has 2 rings (SSSR count). The van der Waals surface area contributed by atoms with Crippen molar-refractivity contribution < 1.29 is 14.7 Å². The largest absolute Gasteiger partial charge is 0.481 e. The average Bonchev–Trinajstić information content (AvgIpc) is 2.36. The van der Waals surface area contributed by atoms with Crippen LogP contribution in [0.1, 0.15) is 38.2 Å². The molecule has 0 aliphatic heterocycles. The van der Waals surface area contributed by atoms with Crippen LogP contribution in [0.3, 0.4) is 0 Å². The number of nitrogens with one attached hydrogen (secondary N) is 1. The molecule has 1 fully saturated rings. The maximum absolute atomic E-state index is 12.5. The summed E-state index contributed by atoms with van der Waals surface area (Å²) in [5, 5.41) is 11.9. The minimum atomic E-state index is -0.867. The smallest absolute Gasteiger partial charge is 0.322 e. The van der Waals surface area contributed by atoms with E-state index >= 15 is 0 Å². The first kappa shape index (κ1) is 15.4. The van der Waals surface area contributed by atoms with Crippen LogP contribution in [0.15, 0.2) is 24.3 Å². The van der Waals surface area contributed by atoms with Gasteiger partial charge in [0.05, 0.1) is 12.0 Å². The lowest BCUT2D eigenvalue weighted by molar-refractivity contribution is -0.139. The summed E-state index contributed by atoms with van der Waals surface area (Å²) >= 11 is 0. The molecule has 0 unspecified atom stereocenters. The number of carbonyl (C=O) groups is 2.